The summed E-state index contributed by atoms with van der Waals surface area (Å²) in [6, 6.07) is 4.95. The van der Waals surface area contributed by atoms with Gasteiger partial charge in [-0.15, -0.1) is 0 Å². The highest BCUT2D eigenvalue weighted by Crippen LogP contribution is 2.29. The Morgan fingerprint density at radius 3 is 2.70 bits per heavy atom. The van der Waals surface area contributed by atoms with Crippen molar-refractivity contribution in [3.8, 4) is 11.5 Å². The van der Waals surface area contributed by atoms with E-state index in [1.165, 1.54) is 13.2 Å². The van der Waals surface area contributed by atoms with Gasteiger partial charge in [-0.3, -0.25) is 4.79 Å². The van der Waals surface area contributed by atoms with Crippen molar-refractivity contribution in [1.82, 2.24) is 5.32 Å². The van der Waals surface area contributed by atoms with E-state index in [1.54, 1.807) is 12.1 Å². The first-order valence-electron chi connectivity index (χ1n) is 7.19. The number of carbonyl (C=O) groups excluding carboxylic acids is 1. The lowest BCUT2D eigenvalue weighted by atomic mass is 9.80. The number of amides is 1. The van der Waals surface area contributed by atoms with Crippen LogP contribution < -0.4 is 10.1 Å². The Morgan fingerprint density at radius 1 is 1.35 bits per heavy atom. The van der Waals surface area contributed by atoms with Gasteiger partial charge in [0.15, 0.2) is 11.5 Å². The minimum atomic E-state index is -0.130. The predicted octanol–water partition coefficient (Wildman–Crippen LogP) is 2.96. The number of benzene rings is 1. The molecule has 0 aliphatic heterocycles. The Bertz CT molecular complexity index is 487. The molecular formula is C16H23NO3. The monoisotopic (exact) mass is 277 g/mol. The zero-order chi connectivity index (χ0) is 14.7. The molecule has 3 atom stereocenters. The van der Waals surface area contributed by atoms with Crippen LogP contribution in [0.1, 0.15) is 43.5 Å². The fraction of sp³-hybridized carbons (Fsp3) is 0.562. The zero-order valence-electron chi connectivity index (χ0n) is 12.3. The number of hydrogen-bond acceptors (Lipinski definition) is 3. The van der Waals surface area contributed by atoms with Crippen molar-refractivity contribution in [3.05, 3.63) is 23.8 Å². The van der Waals surface area contributed by atoms with E-state index in [9.17, 15) is 9.90 Å². The fourth-order valence-corrected chi connectivity index (χ4v) is 2.96. The summed E-state index contributed by atoms with van der Waals surface area (Å²) in [4.78, 5) is 12.2. The standard InChI is InChI=1S/C16H23NO3/c1-10-4-6-13(11(2)8-10)17-16(19)12-5-7-15(20-3)14(18)9-12/h5,7,9-11,13,18H,4,6,8H2,1-3H3,(H,17,19). The molecule has 0 bridgehead atoms. The summed E-state index contributed by atoms with van der Waals surface area (Å²) in [6.07, 6.45) is 3.33. The molecule has 1 amide bonds. The third-order valence-electron chi connectivity index (χ3n) is 4.19. The van der Waals surface area contributed by atoms with Crippen molar-refractivity contribution in [1.29, 1.82) is 0 Å². The van der Waals surface area contributed by atoms with Crippen LogP contribution in [0, 0.1) is 11.8 Å². The van der Waals surface area contributed by atoms with Crippen LogP contribution in [-0.2, 0) is 0 Å². The molecule has 0 saturated heterocycles. The van der Waals surface area contributed by atoms with Gasteiger partial charge in [0.05, 0.1) is 7.11 Å². The molecule has 0 radical (unpaired) electrons. The maximum absolute atomic E-state index is 12.2. The molecule has 3 unspecified atom stereocenters. The maximum atomic E-state index is 12.2. The molecule has 110 valence electrons. The van der Waals surface area contributed by atoms with Gasteiger partial charge < -0.3 is 15.2 Å². The molecule has 1 aromatic carbocycles. The second-order valence-corrected chi connectivity index (χ2v) is 5.86. The van der Waals surface area contributed by atoms with Crippen LogP contribution in [0.3, 0.4) is 0 Å². The summed E-state index contributed by atoms with van der Waals surface area (Å²) in [5.41, 5.74) is 0.467. The first kappa shape index (κ1) is 14.7. The quantitative estimate of drug-likeness (QED) is 0.893. The van der Waals surface area contributed by atoms with Crippen molar-refractivity contribution in [3.63, 3.8) is 0 Å². The molecule has 1 aromatic rings. The molecule has 20 heavy (non-hydrogen) atoms. The summed E-state index contributed by atoms with van der Waals surface area (Å²) in [5.74, 6) is 1.47. The van der Waals surface area contributed by atoms with Crippen molar-refractivity contribution >= 4 is 5.91 Å². The molecular weight excluding hydrogens is 254 g/mol. The van der Waals surface area contributed by atoms with Crippen molar-refractivity contribution in [2.45, 2.75) is 39.2 Å². The highest BCUT2D eigenvalue weighted by Gasteiger charge is 2.26. The second-order valence-electron chi connectivity index (χ2n) is 5.86. The van der Waals surface area contributed by atoms with Gasteiger partial charge in [0.25, 0.3) is 5.91 Å². The van der Waals surface area contributed by atoms with Crippen LogP contribution in [-0.4, -0.2) is 24.2 Å². The van der Waals surface area contributed by atoms with Crippen LogP contribution in [0.5, 0.6) is 11.5 Å². The summed E-state index contributed by atoms with van der Waals surface area (Å²) in [5, 5.41) is 12.8. The Morgan fingerprint density at radius 2 is 2.10 bits per heavy atom. The van der Waals surface area contributed by atoms with E-state index in [2.05, 4.69) is 19.2 Å². The van der Waals surface area contributed by atoms with Gasteiger partial charge in [0, 0.05) is 11.6 Å². The molecule has 4 heteroatoms. The molecule has 0 aromatic heterocycles. The Labute approximate surface area is 120 Å². The lowest BCUT2D eigenvalue weighted by Crippen LogP contribution is -2.42. The molecule has 0 spiro atoms. The maximum Gasteiger partial charge on any atom is 0.251 e. The van der Waals surface area contributed by atoms with Crippen LogP contribution >= 0.6 is 0 Å². The Kier molecular flexibility index (Phi) is 4.53. The predicted molar refractivity (Wildman–Crippen MR) is 78.1 cm³/mol. The van der Waals surface area contributed by atoms with Crippen molar-refractivity contribution < 1.29 is 14.6 Å². The van der Waals surface area contributed by atoms with E-state index in [0.29, 0.717) is 17.2 Å². The average molecular weight is 277 g/mol. The van der Waals surface area contributed by atoms with Gasteiger partial charge in [-0.25, -0.2) is 0 Å². The van der Waals surface area contributed by atoms with Crippen LogP contribution in [0.25, 0.3) is 0 Å². The van der Waals surface area contributed by atoms with Gasteiger partial charge in [-0.2, -0.15) is 0 Å². The van der Waals surface area contributed by atoms with Gasteiger partial charge >= 0.3 is 0 Å². The molecule has 4 nitrogen and oxygen atoms in total. The van der Waals surface area contributed by atoms with Crippen LogP contribution in [0.15, 0.2) is 18.2 Å². The first-order chi connectivity index (χ1) is 9.51. The van der Waals surface area contributed by atoms with Crippen LogP contribution in [0.2, 0.25) is 0 Å². The number of ether oxygens (including phenoxy) is 1. The van der Waals surface area contributed by atoms with E-state index < -0.39 is 0 Å². The van der Waals surface area contributed by atoms with E-state index in [1.807, 2.05) is 0 Å². The topological polar surface area (TPSA) is 58.6 Å². The Balaban J connectivity index is 2.03. The number of phenolic OH excluding ortho intramolecular Hbond substituents is 1. The van der Waals surface area contributed by atoms with E-state index >= 15 is 0 Å². The lowest BCUT2D eigenvalue weighted by molar-refractivity contribution is 0.0899. The molecule has 2 rings (SSSR count). The molecule has 2 N–H and O–H groups in total. The number of methoxy groups -OCH3 is 1. The molecule has 0 heterocycles. The molecule has 1 saturated carbocycles. The van der Waals surface area contributed by atoms with Gasteiger partial charge in [-0.1, -0.05) is 13.8 Å². The fourth-order valence-electron chi connectivity index (χ4n) is 2.96. The number of carbonyl (C=O) groups is 1. The highest BCUT2D eigenvalue weighted by molar-refractivity contribution is 5.95. The van der Waals surface area contributed by atoms with Gasteiger partial charge in [0.1, 0.15) is 0 Å². The number of aromatic hydroxyl groups is 1. The summed E-state index contributed by atoms with van der Waals surface area (Å²) >= 11 is 0. The lowest BCUT2D eigenvalue weighted by Gasteiger charge is -2.33. The highest BCUT2D eigenvalue weighted by atomic mass is 16.5. The number of hydrogen-bond donors (Lipinski definition) is 2. The normalized spacial score (nSPS) is 26.1. The third-order valence-corrected chi connectivity index (χ3v) is 4.19. The van der Waals surface area contributed by atoms with Crippen LogP contribution in [0.4, 0.5) is 0 Å². The van der Waals surface area contributed by atoms with Gasteiger partial charge in [-0.05, 0) is 49.3 Å². The number of nitrogens with one attached hydrogen (secondary N) is 1. The van der Waals surface area contributed by atoms with Crippen molar-refractivity contribution in [2.75, 3.05) is 7.11 Å². The summed E-state index contributed by atoms with van der Waals surface area (Å²) < 4.78 is 4.98. The molecule has 1 fully saturated rings. The van der Waals surface area contributed by atoms with Gasteiger partial charge in [0.2, 0.25) is 0 Å². The smallest absolute Gasteiger partial charge is 0.251 e. The second kappa shape index (κ2) is 6.16. The minimum Gasteiger partial charge on any atom is -0.504 e. The first-order valence-corrected chi connectivity index (χ1v) is 7.19. The molecule has 1 aliphatic carbocycles. The minimum absolute atomic E-state index is 0.00883. The number of rotatable bonds is 3. The summed E-state index contributed by atoms with van der Waals surface area (Å²) in [7, 11) is 1.49. The van der Waals surface area contributed by atoms with Crippen molar-refractivity contribution in [2.24, 2.45) is 11.8 Å². The van der Waals surface area contributed by atoms with E-state index in [4.69, 9.17) is 4.74 Å². The summed E-state index contributed by atoms with van der Waals surface area (Å²) in [6.45, 7) is 4.45. The largest absolute Gasteiger partial charge is 0.504 e. The van der Waals surface area contributed by atoms with E-state index in [-0.39, 0.29) is 17.7 Å². The Hall–Kier alpha value is -1.71. The van der Waals surface area contributed by atoms with E-state index in [0.717, 1.165) is 25.2 Å². The average Bonchev–Trinajstić information content (AvgIpc) is 2.41. The zero-order valence-corrected chi connectivity index (χ0v) is 12.3. The SMILES string of the molecule is COc1ccc(C(=O)NC2CCC(C)CC2C)cc1O. The third kappa shape index (κ3) is 3.24. The number of phenols is 1. The molecule has 1 aliphatic rings.